The average Bonchev–Trinajstić information content (AvgIpc) is 2.92. The Morgan fingerprint density at radius 3 is 2.75 bits per heavy atom. The molecule has 5 heteroatoms. The van der Waals surface area contributed by atoms with Crippen LogP contribution in [0.4, 0.5) is 0 Å². The summed E-state index contributed by atoms with van der Waals surface area (Å²) in [5, 5.41) is 6.39. The maximum Gasteiger partial charge on any atom is 0.0561 e. The maximum atomic E-state index is 6.11. The van der Waals surface area contributed by atoms with E-state index in [4.69, 9.17) is 11.6 Å². The number of hydrogen-bond acceptors (Lipinski definition) is 3. The van der Waals surface area contributed by atoms with Gasteiger partial charge in [-0.05, 0) is 59.2 Å². The molecule has 0 amide bonds. The van der Waals surface area contributed by atoms with Crippen LogP contribution in [0.25, 0.3) is 0 Å². The number of thiophene rings is 1. The summed E-state index contributed by atoms with van der Waals surface area (Å²) in [5.41, 5.74) is 1.20. The van der Waals surface area contributed by atoms with Crippen LogP contribution >= 0.6 is 38.9 Å². The monoisotopic (exact) mass is 372 g/mol. The molecule has 108 valence electrons. The Kier molecular flexibility index (Phi) is 6.05. The lowest BCUT2D eigenvalue weighted by Crippen LogP contribution is -2.30. The fourth-order valence-corrected chi connectivity index (χ4v) is 3.39. The Morgan fingerprint density at radius 1 is 1.35 bits per heavy atom. The minimum absolute atomic E-state index is 0.404. The minimum atomic E-state index is 0.404. The summed E-state index contributed by atoms with van der Waals surface area (Å²) in [4.78, 5) is 3.63. The van der Waals surface area contributed by atoms with Gasteiger partial charge in [-0.15, -0.1) is 11.3 Å². The molecule has 0 aliphatic carbocycles. The van der Waals surface area contributed by atoms with Gasteiger partial charge in [0.25, 0.3) is 0 Å². The van der Waals surface area contributed by atoms with Gasteiger partial charge in [-0.2, -0.15) is 0 Å². The van der Waals surface area contributed by atoms with Crippen LogP contribution < -0.4 is 5.32 Å². The zero-order valence-corrected chi connectivity index (χ0v) is 14.7. The predicted octanol–water partition coefficient (Wildman–Crippen LogP) is 4.56. The smallest absolute Gasteiger partial charge is 0.0561 e. The number of halogens is 2. The molecule has 1 aromatic carbocycles. The van der Waals surface area contributed by atoms with E-state index < -0.39 is 0 Å². The SMILES string of the molecule is CN(C)C(CNCc1ccc(Br)c(Cl)c1)c1cccs1. The average molecular weight is 374 g/mol. The first-order valence-electron chi connectivity index (χ1n) is 6.42. The van der Waals surface area contributed by atoms with Crippen LogP contribution in [-0.2, 0) is 6.54 Å². The molecular weight excluding hydrogens is 356 g/mol. The van der Waals surface area contributed by atoms with E-state index in [1.54, 1.807) is 11.3 Å². The quantitative estimate of drug-likeness (QED) is 0.798. The first kappa shape index (κ1) is 16.0. The molecule has 1 aromatic heterocycles. The van der Waals surface area contributed by atoms with E-state index in [0.29, 0.717) is 6.04 Å². The minimum Gasteiger partial charge on any atom is -0.311 e. The van der Waals surface area contributed by atoms with Crippen LogP contribution in [0.1, 0.15) is 16.5 Å². The van der Waals surface area contributed by atoms with Crippen LogP contribution in [-0.4, -0.2) is 25.5 Å². The van der Waals surface area contributed by atoms with Gasteiger partial charge < -0.3 is 10.2 Å². The lowest BCUT2D eigenvalue weighted by Gasteiger charge is -2.23. The van der Waals surface area contributed by atoms with Gasteiger partial charge in [-0.25, -0.2) is 0 Å². The van der Waals surface area contributed by atoms with Crippen molar-refractivity contribution in [3.05, 3.63) is 55.6 Å². The van der Waals surface area contributed by atoms with Gasteiger partial charge in [-0.1, -0.05) is 23.7 Å². The standard InChI is InChI=1S/C15H18BrClN2S/c1-19(2)14(15-4-3-7-20-15)10-18-9-11-5-6-12(16)13(17)8-11/h3-8,14,18H,9-10H2,1-2H3. The molecule has 2 rings (SSSR count). The highest BCUT2D eigenvalue weighted by Crippen LogP contribution is 2.24. The van der Waals surface area contributed by atoms with Crippen LogP contribution in [0.15, 0.2) is 40.2 Å². The lowest BCUT2D eigenvalue weighted by molar-refractivity contribution is 0.292. The summed E-state index contributed by atoms with van der Waals surface area (Å²) >= 11 is 11.3. The van der Waals surface area contributed by atoms with E-state index in [1.807, 2.05) is 12.1 Å². The number of hydrogen-bond donors (Lipinski definition) is 1. The molecule has 0 radical (unpaired) electrons. The Hall–Kier alpha value is -0.390. The highest BCUT2D eigenvalue weighted by Gasteiger charge is 2.14. The fourth-order valence-electron chi connectivity index (χ4n) is 2.02. The van der Waals surface area contributed by atoms with Crippen LogP contribution in [0.3, 0.4) is 0 Å². The van der Waals surface area contributed by atoms with E-state index in [0.717, 1.165) is 22.6 Å². The molecule has 1 N–H and O–H groups in total. The van der Waals surface area contributed by atoms with Gasteiger partial charge >= 0.3 is 0 Å². The zero-order valence-electron chi connectivity index (χ0n) is 11.6. The van der Waals surface area contributed by atoms with Gasteiger partial charge in [0.2, 0.25) is 0 Å². The molecule has 0 saturated heterocycles. The molecule has 0 fully saturated rings. The summed E-state index contributed by atoms with van der Waals surface area (Å²) in [6.07, 6.45) is 0. The fraction of sp³-hybridized carbons (Fsp3) is 0.333. The molecule has 2 nitrogen and oxygen atoms in total. The Balaban J connectivity index is 1.92. The van der Waals surface area contributed by atoms with Crippen LogP contribution in [0, 0.1) is 0 Å². The number of nitrogens with zero attached hydrogens (tertiary/aromatic N) is 1. The second kappa shape index (κ2) is 7.57. The Bertz CT molecular complexity index is 543. The van der Waals surface area contributed by atoms with Crippen molar-refractivity contribution < 1.29 is 0 Å². The third-order valence-electron chi connectivity index (χ3n) is 3.15. The van der Waals surface area contributed by atoms with E-state index in [-0.39, 0.29) is 0 Å². The molecule has 1 atom stereocenters. The molecule has 0 aliphatic heterocycles. The van der Waals surface area contributed by atoms with Gasteiger partial charge in [-0.3, -0.25) is 0 Å². The van der Waals surface area contributed by atoms with Gasteiger partial charge in [0.05, 0.1) is 11.1 Å². The molecule has 20 heavy (non-hydrogen) atoms. The van der Waals surface area contributed by atoms with Crippen LogP contribution in [0.2, 0.25) is 5.02 Å². The number of nitrogens with one attached hydrogen (secondary N) is 1. The van der Waals surface area contributed by atoms with Crippen molar-refractivity contribution in [1.82, 2.24) is 10.2 Å². The van der Waals surface area contributed by atoms with Crippen molar-refractivity contribution in [1.29, 1.82) is 0 Å². The largest absolute Gasteiger partial charge is 0.311 e. The molecule has 0 spiro atoms. The first-order valence-corrected chi connectivity index (χ1v) is 8.47. The van der Waals surface area contributed by atoms with Gasteiger partial charge in [0.15, 0.2) is 0 Å². The van der Waals surface area contributed by atoms with E-state index >= 15 is 0 Å². The molecular formula is C15H18BrClN2S. The van der Waals surface area contributed by atoms with Gasteiger partial charge in [0, 0.05) is 22.4 Å². The molecule has 0 aliphatic rings. The summed E-state index contributed by atoms with van der Waals surface area (Å²) in [6.45, 7) is 1.74. The Labute approximate surface area is 137 Å². The Morgan fingerprint density at radius 2 is 2.15 bits per heavy atom. The maximum absolute atomic E-state index is 6.11. The lowest BCUT2D eigenvalue weighted by atomic mass is 10.2. The van der Waals surface area contributed by atoms with Crippen molar-refractivity contribution in [3.8, 4) is 0 Å². The number of likely N-dealkylation sites (N-methyl/N-ethyl adjacent to an activating group) is 1. The van der Waals surface area contributed by atoms with Crippen molar-refractivity contribution >= 4 is 38.9 Å². The third kappa shape index (κ3) is 4.30. The molecule has 2 aromatic rings. The van der Waals surface area contributed by atoms with E-state index in [9.17, 15) is 0 Å². The van der Waals surface area contributed by atoms with Gasteiger partial charge in [0.1, 0.15) is 0 Å². The molecule has 1 heterocycles. The van der Waals surface area contributed by atoms with E-state index in [2.05, 4.69) is 63.8 Å². The summed E-state index contributed by atoms with van der Waals surface area (Å²) in [6, 6.07) is 10.8. The highest BCUT2D eigenvalue weighted by atomic mass is 79.9. The zero-order chi connectivity index (χ0) is 14.5. The van der Waals surface area contributed by atoms with Crippen molar-refractivity contribution in [2.75, 3.05) is 20.6 Å². The number of rotatable bonds is 6. The van der Waals surface area contributed by atoms with Crippen molar-refractivity contribution in [2.45, 2.75) is 12.6 Å². The van der Waals surface area contributed by atoms with Crippen molar-refractivity contribution in [2.24, 2.45) is 0 Å². The van der Waals surface area contributed by atoms with Crippen LogP contribution in [0.5, 0.6) is 0 Å². The molecule has 1 unspecified atom stereocenters. The first-order chi connectivity index (χ1) is 9.58. The number of benzene rings is 1. The molecule has 0 bridgehead atoms. The molecule has 0 saturated carbocycles. The second-order valence-electron chi connectivity index (χ2n) is 4.87. The topological polar surface area (TPSA) is 15.3 Å². The summed E-state index contributed by atoms with van der Waals surface area (Å²) in [7, 11) is 4.23. The summed E-state index contributed by atoms with van der Waals surface area (Å²) in [5.74, 6) is 0. The van der Waals surface area contributed by atoms with Crippen molar-refractivity contribution in [3.63, 3.8) is 0 Å². The van der Waals surface area contributed by atoms with E-state index in [1.165, 1.54) is 10.4 Å². The highest BCUT2D eigenvalue weighted by molar-refractivity contribution is 9.10. The third-order valence-corrected chi connectivity index (χ3v) is 5.35. The second-order valence-corrected chi connectivity index (χ2v) is 7.12. The predicted molar refractivity (Wildman–Crippen MR) is 91.6 cm³/mol. The summed E-state index contributed by atoms with van der Waals surface area (Å²) < 4.78 is 0.938. The normalized spacial score (nSPS) is 12.8.